The predicted molar refractivity (Wildman–Crippen MR) is 74.3 cm³/mol. The number of amides is 1. The second-order valence-electron chi connectivity index (χ2n) is 5.79. The fourth-order valence-corrected chi connectivity index (χ4v) is 2.92. The van der Waals surface area contributed by atoms with Gasteiger partial charge < -0.3 is 10.6 Å². The first-order valence-electron chi connectivity index (χ1n) is 7.27. The van der Waals surface area contributed by atoms with Crippen LogP contribution >= 0.6 is 0 Å². The van der Waals surface area contributed by atoms with Crippen LogP contribution in [0, 0.1) is 0 Å². The number of alkyl halides is 6. The second-order valence-corrected chi connectivity index (χ2v) is 5.79. The first-order chi connectivity index (χ1) is 11.0. The summed E-state index contributed by atoms with van der Waals surface area (Å²) in [6, 6.07) is 3.71. The highest BCUT2D eigenvalue weighted by Crippen LogP contribution is 2.38. The topological polar surface area (TPSA) is 41.1 Å². The number of nitrogens with one attached hydrogen (secondary N) is 2. The average molecular weight is 354 g/mol. The highest BCUT2D eigenvalue weighted by Gasteiger charge is 2.42. The van der Waals surface area contributed by atoms with Crippen LogP contribution < -0.4 is 10.6 Å². The first-order valence-corrected chi connectivity index (χ1v) is 7.27. The Bertz CT molecular complexity index is 598. The molecule has 0 radical (unpaired) electrons. The second kappa shape index (κ2) is 6.62. The molecule has 0 aromatic heterocycles. The van der Waals surface area contributed by atoms with Gasteiger partial charge in [0.1, 0.15) is 0 Å². The number of hydrogen-bond acceptors (Lipinski definition) is 2. The van der Waals surface area contributed by atoms with Gasteiger partial charge in [0.2, 0.25) is 0 Å². The molecule has 1 fully saturated rings. The molecule has 1 aromatic rings. The first kappa shape index (κ1) is 18.6. The van der Waals surface area contributed by atoms with Crippen LogP contribution in [0.1, 0.15) is 30.4 Å². The smallest absolute Gasteiger partial charge is 0.344 e. The third-order valence-electron chi connectivity index (χ3n) is 4.09. The molecule has 0 bridgehead atoms. The van der Waals surface area contributed by atoms with Gasteiger partial charge in [0.05, 0.1) is 5.56 Å². The molecule has 1 heterocycles. The van der Waals surface area contributed by atoms with Crippen LogP contribution in [0.15, 0.2) is 24.3 Å². The molecule has 1 aliphatic rings. The average Bonchev–Trinajstić information content (AvgIpc) is 2.47. The van der Waals surface area contributed by atoms with Crippen molar-refractivity contribution in [3.8, 4) is 0 Å². The molecule has 2 rings (SSSR count). The lowest BCUT2D eigenvalue weighted by atomic mass is 9.81. The molecule has 24 heavy (non-hydrogen) atoms. The van der Waals surface area contributed by atoms with Gasteiger partial charge in [-0.05, 0) is 25.0 Å². The molecule has 2 N–H and O–H groups in total. The van der Waals surface area contributed by atoms with E-state index >= 15 is 0 Å². The van der Waals surface area contributed by atoms with Crippen molar-refractivity contribution in [1.82, 2.24) is 10.6 Å². The van der Waals surface area contributed by atoms with Crippen molar-refractivity contribution in [3.63, 3.8) is 0 Å². The van der Waals surface area contributed by atoms with Gasteiger partial charge in [-0.3, -0.25) is 4.79 Å². The lowest BCUT2D eigenvalue weighted by molar-refractivity contribution is -0.174. The van der Waals surface area contributed by atoms with E-state index in [4.69, 9.17) is 0 Å². The number of piperidine rings is 1. The largest absolute Gasteiger partial charge is 0.471 e. The van der Waals surface area contributed by atoms with Gasteiger partial charge in [0.25, 0.3) is 0 Å². The SMILES string of the molecule is CC1NCC(NC(=O)C(F)(F)F)CC1c1ccccc1C(F)(F)F. The highest BCUT2D eigenvalue weighted by atomic mass is 19.4. The molecular formula is C15H16F6N2O. The minimum Gasteiger partial charge on any atom is -0.344 e. The van der Waals surface area contributed by atoms with Crippen LogP contribution in [0.5, 0.6) is 0 Å². The summed E-state index contributed by atoms with van der Waals surface area (Å²) in [5, 5.41) is 4.70. The van der Waals surface area contributed by atoms with E-state index in [9.17, 15) is 31.1 Å². The van der Waals surface area contributed by atoms with Gasteiger partial charge >= 0.3 is 18.3 Å². The van der Waals surface area contributed by atoms with E-state index in [-0.39, 0.29) is 24.6 Å². The summed E-state index contributed by atoms with van der Waals surface area (Å²) >= 11 is 0. The van der Waals surface area contributed by atoms with Crippen molar-refractivity contribution >= 4 is 5.91 Å². The summed E-state index contributed by atoms with van der Waals surface area (Å²) in [7, 11) is 0. The fourth-order valence-electron chi connectivity index (χ4n) is 2.92. The Kier molecular flexibility index (Phi) is 5.12. The van der Waals surface area contributed by atoms with Gasteiger partial charge in [0.15, 0.2) is 0 Å². The summed E-state index contributed by atoms with van der Waals surface area (Å²) in [6.07, 6.45) is -9.59. The molecule has 3 atom stereocenters. The number of hydrogen-bond donors (Lipinski definition) is 2. The van der Waals surface area contributed by atoms with Crippen LogP contribution in [0.25, 0.3) is 0 Å². The normalized spacial score (nSPS) is 25.4. The minimum absolute atomic E-state index is 0.0101. The quantitative estimate of drug-likeness (QED) is 0.801. The van der Waals surface area contributed by atoms with E-state index in [1.54, 1.807) is 6.92 Å². The molecule has 3 unspecified atom stereocenters. The Morgan fingerprint density at radius 3 is 2.38 bits per heavy atom. The molecule has 1 aromatic carbocycles. The molecule has 1 aliphatic heterocycles. The Morgan fingerprint density at radius 1 is 1.17 bits per heavy atom. The Balaban J connectivity index is 2.23. The molecule has 0 aliphatic carbocycles. The van der Waals surface area contributed by atoms with Gasteiger partial charge in [-0.15, -0.1) is 0 Å². The van der Waals surface area contributed by atoms with Crippen molar-refractivity contribution in [2.24, 2.45) is 0 Å². The van der Waals surface area contributed by atoms with E-state index in [1.165, 1.54) is 18.2 Å². The van der Waals surface area contributed by atoms with Crippen LogP contribution in [-0.4, -0.2) is 30.7 Å². The molecule has 134 valence electrons. The number of carbonyl (C=O) groups is 1. The Morgan fingerprint density at radius 2 is 1.79 bits per heavy atom. The van der Waals surface area contributed by atoms with E-state index in [1.807, 2.05) is 5.32 Å². The summed E-state index contributed by atoms with van der Waals surface area (Å²) < 4.78 is 76.5. The molecule has 3 nitrogen and oxygen atoms in total. The maximum atomic E-state index is 13.2. The zero-order valence-electron chi connectivity index (χ0n) is 12.6. The monoisotopic (exact) mass is 354 g/mol. The van der Waals surface area contributed by atoms with Crippen LogP contribution in [0.4, 0.5) is 26.3 Å². The molecular weight excluding hydrogens is 338 g/mol. The zero-order valence-corrected chi connectivity index (χ0v) is 12.6. The van der Waals surface area contributed by atoms with E-state index in [0.29, 0.717) is 0 Å². The highest BCUT2D eigenvalue weighted by molar-refractivity contribution is 5.82. The van der Waals surface area contributed by atoms with Crippen molar-refractivity contribution in [2.45, 2.75) is 43.7 Å². The minimum atomic E-state index is -5.03. The number of benzene rings is 1. The molecule has 1 amide bonds. The van der Waals surface area contributed by atoms with E-state index in [0.717, 1.165) is 6.07 Å². The lowest BCUT2D eigenvalue weighted by Crippen LogP contribution is -2.54. The maximum absolute atomic E-state index is 13.2. The zero-order chi connectivity index (χ0) is 18.1. The predicted octanol–water partition coefficient (Wildman–Crippen LogP) is 3.22. The Hall–Kier alpha value is -1.77. The summed E-state index contributed by atoms with van der Waals surface area (Å²) in [4.78, 5) is 11.0. The van der Waals surface area contributed by atoms with E-state index in [2.05, 4.69) is 5.32 Å². The Labute approximate surface area is 134 Å². The number of halogens is 6. The van der Waals surface area contributed by atoms with Gasteiger partial charge in [-0.1, -0.05) is 18.2 Å². The standard InChI is InChI=1S/C15H16F6N2O/c1-8-11(10-4-2-3-5-12(10)14(16,17)18)6-9(7-22-8)23-13(24)15(19,20)21/h2-5,8-9,11,22H,6-7H2,1H3,(H,23,24). The summed E-state index contributed by atoms with van der Waals surface area (Å²) in [6.45, 7) is 1.73. The maximum Gasteiger partial charge on any atom is 0.471 e. The number of carbonyl (C=O) groups excluding carboxylic acids is 1. The third kappa shape index (κ3) is 4.19. The van der Waals surface area contributed by atoms with Crippen molar-refractivity contribution in [2.75, 3.05) is 6.54 Å². The van der Waals surface area contributed by atoms with Crippen LogP contribution in [-0.2, 0) is 11.0 Å². The van der Waals surface area contributed by atoms with Gasteiger partial charge in [0, 0.05) is 24.5 Å². The molecule has 1 saturated heterocycles. The summed E-state index contributed by atoms with van der Waals surface area (Å²) in [5.41, 5.74) is -0.803. The van der Waals surface area contributed by atoms with Crippen molar-refractivity contribution in [1.29, 1.82) is 0 Å². The van der Waals surface area contributed by atoms with E-state index < -0.39 is 35.8 Å². The van der Waals surface area contributed by atoms with Crippen LogP contribution in [0.3, 0.4) is 0 Å². The summed E-state index contributed by atoms with van der Waals surface area (Å²) in [5.74, 6) is -2.76. The number of rotatable bonds is 2. The molecule has 9 heteroatoms. The van der Waals surface area contributed by atoms with Crippen molar-refractivity contribution < 1.29 is 31.1 Å². The van der Waals surface area contributed by atoms with Crippen molar-refractivity contribution in [3.05, 3.63) is 35.4 Å². The molecule has 0 saturated carbocycles. The molecule has 0 spiro atoms. The fraction of sp³-hybridized carbons (Fsp3) is 0.533. The van der Waals surface area contributed by atoms with Gasteiger partial charge in [-0.25, -0.2) is 0 Å². The van der Waals surface area contributed by atoms with Crippen LogP contribution in [0.2, 0.25) is 0 Å². The van der Waals surface area contributed by atoms with Gasteiger partial charge in [-0.2, -0.15) is 26.3 Å². The lowest BCUT2D eigenvalue weighted by Gasteiger charge is -2.37. The third-order valence-corrected chi connectivity index (χ3v) is 4.09.